The minimum Gasteiger partial charge on any atom is -0.495 e. The number of hydrogen-bond donors (Lipinski definition) is 1. The number of methoxy groups -OCH3 is 2. The van der Waals surface area contributed by atoms with Crippen LogP contribution in [-0.2, 0) is 21.3 Å². The maximum absolute atomic E-state index is 13.3. The second-order valence-corrected chi connectivity index (χ2v) is 7.78. The molecular formula is C19H23FN2O5S. The Morgan fingerprint density at radius 2 is 1.93 bits per heavy atom. The van der Waals surface area contributed by atoms with Crippen LogP contribution in [0.15, 0.2) is 47.4 Å². The van der Waals surface area contributed by atoms with E-state index in [0.717, 1.165) is 0 Å². The van der Waals surface area contributed by atoms with E-state index in [-0.39, 0.29) is 35.9 Å². The third kappa shape index (κ3) is 5.51. The van der Waals surface area contributed by atoms with Crippen LogP contribution in [0.4, 0.5) is 4.39 Å². The largest absolute Gasteiger partial charge is 0.495 e. The molecule has 152 valence electrons. The Hall–Kier alpha value is -2.49. The van der Waals surface area contributed by atoms with Gasteiger partial charge in [0.15, 0.2) is 0 Å². The summed E-state index contributed by atoms with van der Waals surface area (Å²) >= 11 is 0. The van der Waals surface area contributed by atoms with Crippen molar-refractivity contribution in [2.45, 2.75) is 11.4 Å². The molecule has 0 aliphatic rings. The molecule has 7 nitrogen and oxygen atoms in total. The van der Waals surface area contributed by atoms with Gasteiger partial charge in [-0.05, 0) is 35.9 Å². The Balaban J connectivity index is 2.26. The van der Waals surface area contributed by atoms with Gasteiger partial charge in [0, 0.05) is 32.8 Å². The number of carbonyl (C=O) groups excluding carboxylic acids is 1. The highest BCUT2D eigenvalue weighted by Crippen LogP contribution is 2.25. The van der Waals surface area contributed by atoms with Crippen molar-refractivity contribution < 1.29 is 27.1 Å². The first-order chi connectivity index (χ1) is 13.3. The zero-order valence-electron chi connectivity index (χ0n) is 15.9. The van der Waals surface area contributed by atoms with Gasteiger partial charge < -0.3 is 14.4 Å². The average Bonchev–Trinajstić information content (AvgIpc) is 2.67. The Labute approximate surface area is 164 Å². The smallest absolute Gasteiger partial charge is 0.253 e. The molecule has 0 saturated heterocycles. The van der Waals surface area contributed by atoms with Gasteiger partial charge in [0.2, 0.25) is 10.0 Å². The molecule has 0 bridgehead atoms. The summed E-state index contributed by atoms with van der Waals surface area (Å²) in [6.45, 7) is 0.465. The minimum absolute atomic E-state index is 0.0830. The Bertz CT molecular complexity index is 934. The predicted octanol–water partition coefficient (Wildman–Crippen LogP) is 2.03. The maximum atomic E-state index is 13.3. The molecule has 0 saturated carbocycles. The van der Waals surface area contributed by atoms with Crippen molar-refractivity contribution >= 4 is 15.9 Å². The Kier molecular flexibility index (Phi) is 7.50. The van der Waals surface area contributed by atoms with Crippen molar-refractivity contribution in [3.05, 3.63) is 59.4 Å². The van der Waals surface area contributed by atoms with E-state index in [0.29, 0.717) is 5.56 Å². The standard InChI is InChI=1S/C19H23FN2O5S/c1-22(13-14-5-4-6-16(20)11-14)19(23)15-7-8-17(27-3)18(12-15)28(24,25)21-9-10-26-2/h4-8,11-12,21H,9-10,13H2,1-3H3. The lowest BCUT2D eigenvalue weighted by atomic mass is 10.1. The van der Waals surface area contributed by atoms with Gasteiger partial charge in [-0.1, -0.05) is 12.1 Å². The predicted molar refractivity (Wildman–Crippen MR) is 102 cm³/mol. The van der Waals surface area contributed by atoms with Crippen molar-refractivity contribution in [2.75, 3.05) is 34.4 Å². The molecule has 0 unspecified atom stereocenters. The quantitative estimate of drug-likeness (QED) is 0.640. The van der Waals surface area contributed by atoms with Crippen LogP contribution in [0.25, 0.3) is 0 Å². The number of ether oxygens (including phenoxy) is 2. The Morgan fingerprint density at radius 3 is 2.57 bits per heavy atom. The summed E-state index contributed by atoms with van der Waals surface area (Å²) in [5.74, 6) is -0.673. The number of nitrogens with zero attached hydrogens (tertiary/aromatic N) is 1. The van der Waals surface area contributed by atoms with Crippen molar-refractivity contribution in [1.29, 1.82) is 0 Å². The fraction of sp³-hybridized carbons (Fsp3) is 0.316. The van der Waals surface area contributed by atoms with E-state index in [1.165, 1.54) is 49.5 Å². The summed E-state index contributed by atoms with van der Waals surface area (Å²) in [6, 6.07) is 10.1. The summed E-state index contributed by atoms with van der Waals surface area (Å²) in [5.41, 5.74) is 0.797. The zero-order valence-corrected chi connectivity index (χ0v) is 16.8. The molecule has 2 aromatic rings. The molecule has 1 amide bonds. The van der Waals surface area contributed by atoms with Gasteiger partial charge in [-0.15, -0.1) is 0 Å². The molecular weight excluding hydrogens is 387 g/mol. The number of nitrogens with one attached hydrogen (secondary N) is 1. The lowest BCUT2D eigenvalue weighted by Gasteiger charge is -2.18. The van der Waals surface area contributed by atoms with Crippen LogP contribution in [0.1, 0.15) is 15.9 Å². The van der Waals surface area contributed by atoms with Crippen molar-refractivity contribution in [3.63, 3.8) is 0 Å². The van der Waals surface area contributed by atoms with Crippen LogP contribution in [0.2, 0.25) is 0 Å². The number of benzene rings is 2. The van der Waals surface area contributed by atoms with Crippen LogP contribution in [-0.4, -0.2) is 53.6 Å². The summed E-state index contributed by atoms with van der Waals surface area (Å²) in [6.07, 6.45) is 0. The highest BCUT2D eigenvalue weighted by molar-refractivity contribution is 7.89. The molecule has 0 fully saturated rings. The van der Waals surface area contributed by atoms with Crippen molar-refractivity contribution in [3.8, 4) is 5.75 Å². The van der Waals surface area contributed by atoms with Gasteiger partial charge in [-0.25, -0.2) is 17.5 Å². The SMILES string of the molecule is COCCNS(=O)(=O)c1cc(C(=O)N(C)Cc2cccc(F)c2)ccc1OC. The second-order valence-electron chi connectivity index (χ2n) is 6.05. The van der Waals surface area contributed by atoms with Gasteiger partial charge in [0.05, 0.1) is 13.7 Å². The van der Waals surface area contributed by atoms with Crippen LogP contribution >= 0.6 is 0 Å². The number of hydrogen-bond acceptors (Lipinski definition) is 5. The van der Waals surface area contributed by atoms with Gasteiger partial charge in [-0.2, -0.15) is 0 Å². The van der Waals surface area contributed by atoms with Gasteiger partial charge >= 0.3 is 0 Å². The molecule has 28 heavy (non-hydrogen) atoms. The third-order valence-electron chi connectivity index (χ3n) is 3.95. The molecule has 0 aromatic heterocycles. The molecule has 0 atom stereocenters. The highest BCUT2D eigenvalue weighted by atomic mass is 32.2. The molecule has 0 aliphatic heterocycles. The number of halogens is 1. The molecule has 2 rings (SSSR count). The highest BCUT2D eigenvalue weighted by Gasteiger charge is 2.22. The number of carbonyl (C=O) groups is 1. The first-order valence-corrected chi connectivity index (χ1v) is 9.93. The van der Waals surface area contributed by atoms with E-state index in [1.807, 2.05) is 0 Å². The summed E-state index contributed by atoms with van der Waals surface area (Å²) in [4.78, 5) is 14.0. The number of rotatable bonds is 9. The van der Waals surface area contributed by atoms with E-state index < -0.39 is 21.7 Å². The van der Waals surface area contributed by atoms with Gasteiger partial charge in [0.1, 0.15) is 16.5 Å². The first-order valence-electron chi connectivity index (χ1n) is 8.45. The third-order valence-corrected chi connectivity index (χ3v) is 5.44. The molecule has 0 aliphatic carbocycles. The molecule has 0 spiro atoms. The van der Waals surface area contributed by atoms with Gasteiger partial charge in [0.25, 0.3) is 5.91 Å². The van der Waals surface area contributed by atoms with Crippen molar-refractivity contribution in [1.82, 2.24) is 9.62 Å². The monoisotopic (exact) mass is 410 g/mol. The Morgan fingerprint density at radius 1 is 1.18 bits per heavy atom. The normalized spacial score (nSPS) is 11.3. The molecule has 1 N–H and O–H groups in total. The van der Waals surface area contributed by atoms with E-state index in [1.54, 1.807) is 19.2 Å². The summed E-state index contributed by atoms with van der Waals surface area (Å²) < 4.78 is 50.8. The molecule has 0 heterocycles. The average molecular weight is 410 g/mol. The van der Waals surface area contributed by atoms with Gasteiger partial charge in [-0.3, -0.25) is 4.79 Å². The second kappa shape index (κ2) is 9.63. The van der Waals surface area contributed by atoms with Crippen LogP contribution in [0, 0.1) is 5.82 Å². The van der Waals surface area contributed by atoms with Crippen molar-refractivity contribution in [2.24, 2.45) is 0 Å². The maximum Gasteiger partial charge on any atom is 0.253 e. The minimum atomic E-state index is -3.90. The lowest BCUT2D eigenvalue weighted by Crippen LogP contribution is -2.29. The zero-order chi connectivity index (χ0) is 20.7. The van der Waals surface area contributed by atoms with E-state index in [4.69, 9.17) is 9.47 Å². The summed E-state index contributed by atoms with van der Waals surface area (Å²) in [7, 11) is 0.470. The lowest BCUT2D eigenvalue weighted by molar-refractivity contribution is 0.0784. The number of amides is 1. The molecule has 2 aromatic carbocycles. The van der Waals surface area contributed by atoms with Crippen LogP contribution in [0.5, 0.6) is 5.75 Å². The van der Waals surface area contributed by atoms with E-state index in [2.05, 4.69) is 4.72 Å². The first kappa shape index (κ1) is 21.8. The topological polar surface area (TPSA) is 84.9 Å². The number of sulfonamides is 1. The van der Waals surface area contributed by atoms with E-state index in [9.17, 15) is 17.6 Å². The molecule has 9 heteroatoms. The molecule has 0 radical (unpaired) electrons. The van der Waals surface area contributed by atoms with Crippen LogP contribution in [0.3, 0.4) is 0 Å². The van der Waals surface area contributed by atoms with E-state index >= 15 is 0 Å². The fourth-order valence-corrected chi connectivity index (χ4v) is 3.78. The fourth-order valence-electron chi connectivity index (χ4n) is 2.58. The van der Waals surface area contributed by atoms with Crippen LogP contribution < -0.4 is 9.46 Å². The summed E-state index contributed by atoms with van der Waals surface area (Å²) in [5, 5.41) is 0.